The highest BCUT2D eigenvalue weighted by Crippen LogP contribution is 2.29. The summed E-state index contributed by atoms with van der Waals surface area (Å²) in [6.07, 6.45) is 7.16. The van der Waals surface area contributed by atoms with E-state index in [0.29, 0.717) is 24.3 Å². The third-order valence-electron chi connectivity index (χ3n) is 6.15. The van der Waals surface area contributed by atoms with Gasteiger partial charge < -0.3 is 14.9 Å². The Labute approximate surface area is 142 Å². The van der Waals surface area contributed by atoms with Gasteiger partial charge in [-0.1, -0.05) is 5.21 Å². The van der Waals surface area contributed by atoms with E-state index >= 15 is 0 Å². The molecule has 4 aliphatic rings. The minimum absolute atomic E-state index is 0.113. The molecule has 1 aromatic heterocycles. The first-order valence-corrected chi connectivity index (χ1v) is 9.38. The number of fused-ring (bicyclic) bond motifs is 3. The SMILES string of the molecule is O=C([C@H]1C[NH+]2CC[C@@H]1C[C@@H]2Cn1cc(CCO)nn1)N1CCCC1. The number of hydrogen-bond donors (Lipinski definition) is 2. The van der Waals surface area contributed by atoms with E-state index in [-0.39, 0.29) is 12.5 Å². The Kier molecular flexibility index (Phi) is 4.54. The number of rotatable bonds is 5. The molecule has 0 saturated carbocycles. The molecule has 4 fully saturated rings. The Morgan fingerprint density at radius 3 is 2.92 bits per heavy atom. The average molecular weight is 334 g/mol. The summed E-state index contributed by atoms with van der Waals surface area (Å²) in [6.45, 7) is 5.08. The van der Waals surface area contributed by atoms with E-state index in [4.69, 9.17) is 5.11 Å². The van der Waals surface area contributed by atoms with Crippen molar-refractivity contribution in [2.24, 2.45) is 11.8 Å². The van der Waals surface area contributed by atoms with Crippen LogP contribution >= 0.6 is 0 Å². The first-order chi connectivity index (χ1) is 11.7. The van der Waals surface area contributed by atoms with Crippen molar-refractivity contribution >= 4 is 5.91 Å². The molecule has 24 heavy (non-hydrogen) atoms. The largest absolute Gasteiger partial charge is 0.396 e. The van der Waals surface area contributed by atoms with Gasteiger partial charge in [-0.2, -0.15) is 0 Å². The maximum absolute atomic E-state index is 12.8. The first-order valence-electron chi connectivity index (χ1n) is 9.38. The molecule has 5 heterocycles. The zero-order valence-electron chi connectivity index (χ0n) is 14.2. The molecular weight excluding hydrogens is 306 g/mol. The van der Waals surface area contributed by atoms with E-state index < -0.39 is 0 Å². The number of likely N-dealkylation sites (tertiary alicyclic amines) is 1. The molecule has 5 rings (SSSR count). The maximum Gasteiger partial charge on any atom is 0.231 e. The Balaban J connectivity index is 1.38. The van der Waals surface area contributed by atoms with Gasteiger partial charge >= 0.3 is 0 Å². The van der Waals surface area contributed by atoms with E-state index in [1.54, 1.807) is 4.90 Å². The van der Waals surface area contributed by atoms with Gasteiger partial charge in [0.25, 0.3) is 0 Å². The number of nitrogens with one attached hydrogen (secondary N) is 1. The lowest BCUT2D eigenvalue weighted by molar-refractivity contribution is -0.945. The second kappa shape index (κ2) is 6.80. The van der Waals surface area contributed by atoms with Crippen molar-refractivity contribution in [3.05, 3.63) is 11.9 Å². The van der Waals surface area contributed by atoms with Gasteiger partial charge in [-0.25, -0.2) is 4.68 Å². The topological polar surface area (TPSA) is 75.7 Å². The van der Waals surface area contributed by atoms with Gasteiger partial charge in [-0.15, -0.1) is 5.10 Å². The van der Waals surface area contributed by atoms with Gasteiger partial charge in [0.2, 0.25) is 5.91 Å². The Hall–Kier alpha value is -1.47. The number of nitrogens with zero attached hydrogens (tertiary/aromatic N) is 4. The summed E-state index contributed by atoms with van der Waals surface area (Å²) in [5.74, 6) is 1.20. The zero-order chi connectivity index (χ0) is 16.5. The molecule has 132 valence electrons. The predicted octanol–water partition coefficient (Wildman–Crippen LogP) is -1.27. The third kappa shape index (κ3) is 3.07. The molecule has 0 radical (unpaired) electrons. The normalized spacial score (nSPS) is 32.5. The van der Waals surface area contributed by atoms with Gasteiger partial charge in [0, 0.05) is 45.2 Å². The number of aromatic nitrogens is 3. The number of piperidine rings is 3. The molecule has 1 amide bonds. The lowest BCUT2D eigenvalue weighted by Crippen LogP contribution is -3.20. The van der Waals surface area contributed by atoms with E-state index in [0.717, 1.165) is 38.3 Å². The summed E-state index contributed by atoms with van der Waals surface area (Å²) in [5, 5.41) is 17.3. The third-order valence-corrected chi connectivity index (χ3v) is 6.15. The molecule has 0 spiro atoms. The lowest BCUT2D eigenvalue weighted by atomic mass is 9.75. The quantitative estimate of drug-likeness (QED) is 0.704. The van der Waals surface area contributed by atoms with Crippen molar-refractivity contribution in [1.82, 2.24) is 19.9 Å². The highest BCUT2D eigenvalue weighted by atomic mass is 16.3. The Morgan fingerprint density at radius 2 is 2.21 bits per heavy atom. The van der Waals surface area contributed by atoms with E-state index in [9.17, 15) is 4.79 Å². The monoisotopic (exact) mass is 334 g/mol. The van der Waals surface area contributed by atoms with Crippen LogP contribution < -0.4 is 4.90 Å². The summed E-state index contributed by atoms with van der Waals surface area (Å²) in [5.41, 5.74) is 0.852. The molecule has 2 N–H and O–H groups in total. The standard InChI is InChI=1S/C17H27N5O2/c23-8-4-14-10-22(19-18-14)11-15-9-13-3-7-21(15)12-16(13)17(24)20-5-1-2-6-20/h10,13,15-16,23H,1-9,11-12H2/p+1/t13-,15-,16+/m1/s1. The molecule has 1 unspecified atom stereocenters. The number of carbonyl (C=O) groups excluding carboxylic acids is 1. The van der Waals surface area contributed by atoms with E-state index in [2.05, 4.69) is 15.2 Å². The van der Waals surface area contributed by atoms with Crippen molar-refractivity contribution in [3.63, 3.8) is 0 Å². The summed E-state index contributed by atoms with van der Waals surface area (Å²) >= 11 is 0. The van der Waals surface area contributed by atoms with Crippen molar-refractivity contribution in [1.29, 1.82) is 0 Å². The minimum Gasteiger partial charge on any atom is -0.396 e. The second-order valence-electron chi connectivity index (χ2n) is 7.64. The first kappa shape index (κ1) is 16.0. The van der Waals surface area contributed by atoms with Gasteiger partial charge in [0.15, 0.2) is 0 Å². The fourth-order valence-electron chi connectivity index (χ4n) is 4.86. The number of carbonyl (C=O) groups is 1. The van der Waals surface area contributed by atoms with Crippen LogP contribution in [-0.4, -0.2) is 69.7 Å². The highest BCUT2D eigenvalue weighted by Gasteiger charge is 2.47. The van der Waals surface area contributed by atoms with Gasteiger partial charge in [0.1, 0.15) is 6.04 Å². The fourth-order valence-corrected chi connectivity index (χ4v) is 4.86. The molecule has 0 aromatic carbocycles. The van der Waals surface area contributed by atoms with Gasteiger partial charge in [0.05, 0.1) is 31.2 Å². The summed E-state index contributed by atoms with van der Waals surface area (Å²) in [7, 11) is 0. The van der Waals surface area contributed by atoms with Crippen LogP contribution in [-0.2, 0) is 17.8 Å². The minimum atomic E-state index is 0.113. The smallest absolute Gasteiger partial charge is 0.231 e. The van der Waals surface area contributed by atoms with E-state index in [1.165, 1.54) is 25.8 Å². The number of quaternary nitrogens is 1. The average Bonchev–Trinajstić information content (AvgIpc) is 3.27. The van der Waals surface area contributed by atoms with Gasteiger partial charge in [-0.3, -0.25) is 4.79 Å². The Bertz CT molecular complexity index is 583. The molecule has 1 aromatic rings. The number of amides is 1. The lowest BCUT2D eigenvalue weighted by Gasteiger charge is -2.46. The van der Waals surface area contributed by atoms with Crippen LogP contribution in [0.1, 0.15) is 31.4 Å². The van der Waals surface area contributed by atoms with Crippen LogP contribution in [0.15, 0.2) is 6.20 Å². The number of aliphatic hydroxyl groups excluding tert-OH is 1. The molecule has 4 saturated heterocycles. The maximum atomic E-state index is 12.8. The molecule has 4 aliphatic heterocycles. The summed E-state index contributed by atoms with van der Waals surface area (Å²) < 4.78 is 1.92. The predicted molar refractivity (Wildman–Crippen MR) is 87.3 cm³/mol. The molecule has 2 bridgehead atoms. The second-order valence-corrected chi connectivity index (χ2v) is 7.64. The zero-order valence-corrected chi connectivity index (χ0v) is 14.2. The van der Waals surface area contributed by atoms with Crippen LogP contribution in [0.2, 0.25) is 0 Å². The van der Waals surface area contributed by atoms with E-state index in [1.807, 2.05) is 10.9 Å². The van der Waals surface area contributed by atoms with Gasteiger partial charge in [-0.05, 0) is 18.8 Å². The van der Waals surface area contributed by atoms with Crippen LogP contribution in [0.4, 0.5) is 0 Å². The van der Waals surface area contributed by atoms with Crippen LogP contribution in [0, 0.1) is 11.8 Å². The van der Waals surface area contributed by atoms with Crippen molar-refractivity contribution in [2.75, 3.05) is 32.8 Å². The van der Waals surface area contributed by atoms with Crippen molar-refractivity contribution in [2.45, 2.75) is 44.7 Å². The molecule has 4 atom stereocenters. The number of hydrogen-bond acceptors (Lipinski definition) is 4. The molecule has 7 heteroatoms. The van der Waals surface area contributed by atoms with Crippen LogP contribution in [0.25, 0.3) is 0 Å². The molecule has 0 aliphatic carbocycles. The van der Waals surface area contributed by atoms with Crippen LogP contribution in [0.5, 0.6) is 0 Å². The van der Waals surface area contributed by atoms with Crippen molar-refractivity contribution in [3.8, 4) is 0 Å². The molecular formula is C17H28N5O2+. The summed E-state index contributed by atoms with van der Waals surface area (Å²) in [4.78, 5) is 16.5. The highest BCUT2D eigenvalue weighted by molar-refractivity contribution is 5.79. The van der Waals surface area contributed by atoms with Crippen LogP contribution in [0.3, 0.4) is 0 Å². The van der Waals surface area contributed by atoms with Crippen molar-refractivity contribution < 1.29 is 14.8 Å². The molecule has 7 nitrogen and oxygen atoms in total. The summed E-state index contributed by atoms with van der Waals surface area (Å²) in [6, 6.07) is 0.537. The number of aliphatic hydroxyl groups is 1. The fraction of sp³-hybridized carbons (Fsp3) is 0.824. The Morgan fingerprint density at radius 1 is 1.38 bits per heavy atom.